The van der Waals surface area contributed by atoms with Gasteiger partial charge in [0.05, 0.1) is 11.6 Å². The zero-order valence-electron chi connectivity index (χ0n) is 12.5. The molecule has 0 spiro atoms. The minimum absolute atomic E-state index is 0. The van der Waals surface area contributed by atoms with Crippen LogP contribution in [-0.4, -0.2) is 15.0 Å². The van der Waals surface area contributed by atoms with Crippen LogP contribution in [0.25, 0.3) is 20.7 Å². The van der Waals surface area contributed by atoms with Gasteiger partial charge in [-0.15, -0.1) is 23.7 Å². The average molecular weight is 371 g/mol. The Bertz CT molecular complexity index is 891. The van der Waals surface area contributed by atoms with Crippen molar-refractivity contribution in [1.82, 2.24) is 15.0 Å². The van der Waals surface area contributed by atoms with Crippen molar-refractivity contribution in [3.05, 3.63) is 45.7 Å². The third-order valence-electron chi connectivity index (χ3n) is 3.45. The van der Waals surface area contributed by atoms with Crippen molar-refractivity contribution in [1.29, 1.82) is 0 Å². The number of fused-ring (bicyclic) bond motifs is 1. The van der Waals surface area contributed by atoms with Crippen LogP contribution in [0.3, 0.4) is 0 Å². The number of nitrogens with one attached hydrogen (secondary N) is 1. The highest BCUT2D eigenvalue weighted by Gasteiger charge is 2.16. The molecule has 0 unspecified atom stereocenters. The number of thiophene rings is 1. The number of aromatic nitrogens is 3. The highest BCUT2D eigenvalue weighted by atomic mass is 35.5. The van der Waals surface area contributed by atoms with Gasteiger partial charge in [-0.1, -0.05) is 25.4 Å². The number of rotatable bonds is 3. The van der Waals surface area contributed by atoms with Crippen LogP contribution < -0.4 is 11.3 Å². The van der Waals surface area contributed by atoms with Crippen LogP contribution in [0, 0.1) is 5.92 Å². The lowest BCUT2D eigenvalue weighted by Gasteiger charge is -2.13. The third-order valence-corrected chi connectivity index (χ3v) is 4.83. The number of pyridine rings is 1. The van der Waals surface area contributed by atoms with Crippen molar-refractivity contribution in [3.63, 3.8) is 0 Å². The number of hydrogen-bond acceptors (Lipinski definition) is 5. The van der Waals surface area contributed by atoms with E-state index in [0.717, 1.165) is 10.4 Å². The fourth-order valence-electron chi connectivity index (χ4n) is 2.13. The molecular formula is C15H16Cl2N4OS. The van der Waals surface area contributed by atoms with Gasteiger partial charge in [-0.25, -0.2) is 9.97 Å². The molecule has 3 N–H and O–H groups in total. The average Bonchev–Trinajstić information content (AvgIpc) is 2.91. The van der Waals surface area contributed by atoms with Crippen molar-refractivity contribution in [2.75, 3.05) is 0 Å². The smallest absolute Gasteiger partial charge is 0.268 e. The van der Waals surface area contributed by atoms with Gasteiger partial charge in [0.15, 0.2) is 0 Å². The Balaban J connectivity index is 0.00000192. The third kappa shape index (κ3) is 3.55. The van der Waals surface area contributed by atoms with Gasteiger partial charge in [0, 0.05) is 11.1 Å². The molecule has 1 atom stereocenters. The van der Waals surface area contributed by atoms with E-state index < -0.39 is 0 Å². The van der Waals surface area contributed by atoms with E-state index >= 15 is 0 Å². The molecule has 0 aliphatic rings. The highest BCUT2D eigenvalue weighted by molar-refractivity contribution is 7.22. The molecule has 5 nitrogen and oxygen atoms in total. The van der Waals surface area contributed by atoms with E-state index in [9.17, 15) is 4.79 Å². The van der Waals surface area contributed by atoms with E-state index in [-0.39, 0.29) is 29.9 Å². The van der Waals surface area contributed by atoms with Crippen LogP contribution in [0.5, 0.6) is 0 Å². The largest absolute Gasteiger partial charge is 0.321 e. The summed E-state index contributed by atoms with van der Waals surface area (Å²) in [4.78, 5) is 24.4. The maximum atomic E-state index is 12.3. The predicted octanol–water partition coefficient (Wildman–Crippen LogP) is 3.78. The molecule has 0 aromatic carbocycles. The van der Waals surface area contributed by atoms with E-state index in [0.29, 0.717) is 21.2 Å². The summed E-state index contributed by atoms with van der Waals surface area (Å²) >= 11 is 7.30. The number of nitrogens with zero attached hydrogens (tertiary/aromatic N) is 2. The first-order valence-corrected chi connectivity index (χ1v) is 8.06. The van der Waals surface area contributed by atoms with Gasteiger partial charge in [0.25, 0.3) is 5.56 Å². The Morgan fingerprint density at radius 1 is 1.35 bits per heavy atom. The molecule has 0 amide bonds. The molecule has 23 heavy (non-hydrogen) atoms. The molecule has 3 aromatic rings. The van der Waals surface area contributed by atoms with E-state index in [1.807, 2.05) is 26.0 Å². The van der Waals surface area contributed by atoms with Crippen molar-refractivity contribution in [2.24, 2.45) is 11.7 Å². The molecule has 8 heteroatoms. The van der Waals surface area contributed by atoms with Gasteiger partial charge in [0.1, 0.15) is 15.7 Å². The Labute approximate surface area is 148 Å². The number of nitrogens with two attached hydrogens (primary N) is 1. The van der Waals surface area contributed by atoms with Gasteiger partial charge in [-0.2, -0.15) is 0 Å². The molecule has 0 saturated carbocycles. The van der Waals surface area contributed by atoms with Gasteiger partial charge >= 0.3 is 0 Å². The maximum Gasteiger partial charge on any atom is 0.268 e. The summed E-state index contributed by atoms with van der Waals surface area (Å²) in [7, 11) is 0. The van der Waals surface area contributed by atoms with Crippen molar-refractivity contribution < 1.29 is 0 Å². The van der Waals surface area contributed by atoms with Crippen molar-refractivity contribution >= 4 is 45.6 Å². The Kier molecular flexibility index (Phi) is 5.41. The molecule has 0 aliphatic heterocycles. The molecule has 3 heterocycles. The minimum Gasteiger partial charge on any atom is -0.321 e. The molecular weight excluding hydrogens is 355 g/mol. The Morgan fingerprint density at radius 3 is 2.74 bits per heavy atom. The van der Waals surface area contributed by atoms with E-state index in [1.54, 1.807) is 12.3 Å². The number of aromatic amines is 1. The van der Waals surface area contributed by atoms with Gasteiger partial charge in [0.2, 0.25) is 0 Å². The second-order valence-corrected chi connectivity index (χ2v) is 6.85. The number of halogens is 2. The first-order chi connectivity index (χ1) is 10.5. The maximum absolute atomic E-state index is 12.3. The van der Waals surface area contributed by atoms with Gasteiger partial charge in [-0.3, -0.25) is 4.79 Å². The molecule has 3 rings (SSSR count). The Hall–Kier alpha value is -1.47. The summed E-state index contributed by atoms with van der Waals surface area (Å²) in [6.45, 7) is 3.99. The lowest BCUT2D eigenvalue weighted by molar-refractivity contribution is 0.491. The van der Waals surface area contributed by atoms with Crippen molar-refractivity contribution in [3.8, 4) is 10.4 Å². The van der Waals surface area contributed by atoms with Gasteiger partial charge in [-0.05, 0) is 29.7 Å². The zero-order chi connectivity index (χ0) is 15.9. The lowest BCUT2D eigenvalue weighted by atomic mass is 10.1. The summed E-state index contributed by atoms with van der Waals surface area (Å²) in [5.74, 6) is 0.710. The monoisotopic (exact) mass is 370 g/mol. The fourth-order valence-corrected chi connectivity index (χ4v) is 3.29. The molecule has 0 bridgehead atoms. The number of H-pyrrole nitrogens is 1. The summed E-state index contributed by atoms with van der Waals surface area (Å²) in [6, 6.07) is 5.21. The summed E-state index contributed by atoms with van der Waals surface area (Å²) in [5.41, 5.74) is 7.49. The first kappa shape index (κ1) is 17.9. The van der Waals surface area contributed by atoms with Crippen LogP contribution in [0.2, 0.25) is 5.15 Å². The highest BCUT2D eigenvalue weighted by Crippen LogP contribution is 2.32. The van der Waals surface area contributed by atoms with Crippen LogP contribution in [0.1, 0.15) is 25.7 Å². The second kappa shape index (κ2) is 6.97. The summed E-state index contributed by atoms with van der Waals surface area (Å²) in [5, 5.41) is 0.416. The molecule has 0 saturated heterocycles. The molecule has 0 fully saturated rings. The fraction of sp³-hybridized carbons (Fsp3) is 0.267. The van der Waals surface area contributed by atoms with E-state index in [2.05, 4.69) is 15.0 Å². The van der Waals surface area contributed by atoms with Gasteiger partial charge < -0.3 is 10.7 Å². The number of hydrogen-bond donors (Lipinski definition) is 2. The van der Waals surface area contributed by atoms with Crippen LogP contribution in [0.4, 0.5) is 0 Å². The molecule has 3 aromatic heterocycles. The summed E-state index contributed by atoms with van der Waals surface area (Å²) < 4.78 is 0.586. The quantitative estimate of drug-likeness (QED) is 0.687. The second-order valence-electron chi connectivity index (χ2n) is 5.41. The molecule has 122 valence electrons. The first-order valence-electron chi connectivity index (χ1n) is 6.87. The molecule has 0 aliphatic carbocycles. The van der Waals surface area contributed by atoms with Crippen LogP contribution in [-0.2, 0) is 0 Å². The minimum atomic E-state index is -0.296. The SMILES string of the molecule is CC(C)[C@H](N)c1nc2cc(-c3ccnc(Cl)c3)sc2c(=O)[nH]1.Cl. The standard InChI is InChI=1S/C15H15ClN4OS.ClH/c1-7(2)12(17)14-19-9-6-10(22-13(9)15(21)20-14)8-3-4-18-11(16)5-8;/h3-7,12H,17H2,1-2H3,(H,19,20,21);1H/t12-;/m0./s1. The normalized spacial score (nSPS) is 12.4. The topological polar surface area (TPSA) is 84.7 Å². The van der Waals surface area contributed by atoms with E-state index in [4.69, 9.17) is 17.3 Å². The Morgan fingerprint density at radius 2 is 2.09 bits per heavy atom. The van der Waals surface area contributed by atoms with Crippen molar-refractivity contribution in [2.45, 2.75) is 19.9 Å². The summed E-state index contributed by atoms with van der Waals surface area (Å²) in [6.07, 6.45) is 1.64. The van der Waals surface area contributed by atoms with E-state index in [1.165, 1.54) is 11.3 Å². The van der Waals surface area contributed by atoms with Crippen LogP contribution >= 0.6 is 35.3 Å². The zero-order valence-corrected chi connectivity index (χ0v) is 14.9. The lowest BCUT2D eigenvalue weighted by Crippen LogP contribution is -2.23. The molecule has 0 radical (unpaired) electrons. The van der Waals surface area contributed by atoms with Crippen LogP contribution in [0.15, 0.2) is 29.2 Å². The predicted molar refractivity (Wildman–Crippen MR) is 97.5 cm³/mol.